The number of aromatic nitrogens is 2. The number of nitrogens with one attached hydrogen (secondary N) is 1. The standard InChI is InChI=1S/C12H17N3O4/c1-7-14-10(15-19-7)6-13-11(16)8-4-2-3-5-9(8)12(17)18/h8-9H,2-6H2,1H3,(H,13,16)(H,17,18). The molecule has 0 aromatic carbocycles. The number of carbonyl (C=O) groups is 2. The highest BCUT2D eigenvalue weighted by Crippen LogP contribution is 2.30. The lowest BCUT2D eigenvalue weighted by Crippen LogP contribution is -2.39. The van der Waals surface area contributed by atoms with Crippen LogP contribution in [0.1, 0.15) is 37.4 Å². The fourth-order valence-corrected chi connectivity index (χ4v) is 2.45. The van der Waals surface area contributed by atoms with E-state index in [1.54, 1.807) is 6.92 Å². The molecule has 2 N–H and O–H groups in total. The van der Waals surface area contributed by atoms with Crippen molar-refractivity contribution in [2.75, 3.05) is 0 Å². The molecule has 1 saturated carbocycles. The predicted molar refractivity (Wildman–Crippen MR) is 64.0 cm³/mol. The predicted octanol–water partition coefficient (Wildman–Crippen LogP) is 0.885. The smallest absolute Gasteiger partial charge is 0.307 e. The van der Waals surface area contributed by atoms with Gasteiger partial charge in [0, 0.05) is 6.92 Å². The number of carboxylic acids is 1. The highest BCUT2D eigenvalue weighted by atomic mass is 16.5. The second-order valence-electron chi connectivity index (χ2n) is 4.78. The minimum atomic E-state index is -0.893. The SMILES string of the molecule is Cc1nc(CNC(=O)C2CCCCC2C(=O)O)no1. The van der Waals surface area contributed by atoms with Crippen LogP contribution in [-0.4, -0.2) is 27.1 Å². The topological polar surface area (TPSA) is 105 Å². The number of carboxylic acid groups (broad SMARTS) is 1. The molecule has 1 aliphatic carbocycles. The van der Waals surface area contributed by atoms with E-state index in [-0.39, 0.29) is 12.5 Å². The van der Waals surface area contributed by atoms with Gasteiger partial charge in [0.1, 0.15) is 0 Å². The highest BCUT2D eigenvalue weighted by Gasteiger charge is 2.35. The highest BCUT2D eigenvalue weighted by molar-refractivity contribution is 5.84. The van der Waals surface area contributed by atoms with Crippen LogP contribution in [0.25, 0.3) is 0 Å². The van der Waals surface area contributed by atoms with Crippen molar-refractivity contribution in [3.8, 4) is 0 Å². The first-order chi connectivity index (χ1) is 9.08. The number of aliphatic carboxylic acids is 1. The molecule has 1 amide bonds. The summed E-state index contributed by atoms with van der Waals surface area (Å²) in [7, 11) is 0. The summed E-state index contributed by atoms with van der Waals surface area (Å²) in [5.41, 5.74) is 0. The van der Waals surface area contributed by atoms with Gasteiger partial charge in [0.05, 0.1) is 18.4 Å². The first kappa shape index (κ1) is 13.5. The van der Waals surface area contributed by atoms with E-state index in [1.807, 2.05) is 0 Å². The fraction of sp³-hybridized carbons (Fsp3) is 0.667. The van der Waals surface area contributed by atoms with Gasteiger partial charge in [0.2, 0.25) is 11.8 Å². The van der Waals surface area contributed by atoms with Gasteiger partial charge in [-0.15, -0.1) is 0 Å². The Morgan fingerprint density at radius 3 is 2.63 bits per heavy atom. The summed E-state index contributed by atoms with van der Waals surface area (Å²) in [6, 6.07) is 0. The van der Waals surface area contributed by atoms with E-state index < -0.39 is 17.8 Å². The van der Waals surface area contributed by atoms with Crippen molar-refractivity contribution in [1.29, 1.82) is 0 Å². The van der Waals surface area contributed by atoms with Crippen LogP contribution in [0, 0.1) is 18.8 Å². The van der Waals surface area contributed by atoms with Gasteiger partial charge in [-0.25, -0.2) is 0 Å². The van der Waals surface area contributed by atoms with Crippen molar-refractivity contribution in [2.24, 2.45) is 11.8 Å². The van der Waals surface area contributed by atoms with E-state index in [2.05, 4.69) is 15.5 Å². The summed E-state index contributed by atoms with van der Waals surface area (Å²) in [6.07, 6.45) is 2.94. The van der Waals surface area contributed by atoms with E-state index in [0.717, 1.165) is 12.8 Å². The Labute approximate surface area is 110 Å². The maximum Gasteiger partial charge on any atom is 0.307 e. The molecule has 19 heavy (non-hydrogen) atoms. The molecule has 2 rings (SSSR count). The fourth-order valence-electron chi connectivity index (χ4n) is 2.45. The largest absolute Gasteiger partial charge is 0.481 e. The summed E-state index contributed by atoms with van der Waals surface area (Å²) in [6.45, 7) is 1.83. The molecule has 2 atom stereocenters. The van der Waals surface area contributed by atoms with Crippen molar-refractivity contribution in [1.82, 2.24) is 15.5 Å². The zero-order valence-corrected chi connectivity index (χ0v) is 10.8. The number of hydrogen-bond acceptors (Lipinski definition) is 5. The third-order valence-electron chi connectivity index (χ3n) is 3.41. The quantitative estimate of drug-likeness (QED) is 0.839. The molecule has 7 nitrogen and oxygen atoms in total. The lowest BCUT2D eigenvalue weighted by atomic mass is 9.79. The average molecular weight is 267 g/mol. The molecule has 0 aliphatic heterocycles. The van der Waals surface area contributed by atoms with E-state index in [9.17, 15) is 9.59 Å². The number of rotatable bonds is 4. The summed E-state index contributed by atoms with van der Waals surface area (Å²) in [5.74, 6) is -1.34. The van der Waals surface area contributed by atoms with Crippen LogP contribution in [0.4, 0.5) is 0 Å². The van der Waals surface area contributed by atoms with Crippen molar-refractivity contribution in [3.05, 3.63) is 11.7 Å². The molecule has 7 heteroatoms. The van der Waals surface area contributed by atoms with Gasteiger partial charge in [-0.2, -0.15) is 4.98 Å². The molecule has 0 radical (unpaired) electrons. The molecule has 1 aromatic heterocycles. The maximum atomic E-state index is 12.0. The average Bonchev–Trinajstić information content (AvgIpc) is 2.81. The lowest BCUT2D eigenvalue weighted by molar-refractivity contribution is -0.148. The second-order valence-corrected chi connectivity index (χ2v) is 4.78. The monoisotopic (exact) mass is 267 g/mol. The molecule has 1 aromatic rings. The van der Waals surface area contributed by atoms with Gasteiger partial charge in [0.15, 0.2) is 5.82 Å². The normalized spacial score (nSPS) is 23.0. The summed E-state index contributed by atoms with van der Waals surface area (Å²) in [4.78, 5) is 27.1. The van der Waals surface area contributed by atoms with Gasteiger partial charge < -0.3 is 14.9 Å². The molecule has 0 bridgehead atoms. The van der Waals surface area contributed by atoms with Gasteiger partial charge in [-0.1, -0.05) is 18.0 Å². The van der Waals surface area contributed by atoms with E-state index in [4.69, 9.17) is 9.63 Å². The van der Waals surface area contributed by atoms with Gasteiger partial charge >= 0.3 is 5.97 Å². The van der Waals surface area contributed by atoms with Crippen LogP contribution in [0.15, 0.2) is 4.52 Å². The molecule has 1 heterocycles. The van der Waals surface area contributed by atoms with Crippen LogP contribution in [0.3, 0.4) is 0 Å². The van der Waals surface area contributed by atoms with Crippen molar-refractivity contribution in [2.45, 2.75) is 39.2 Å². The van der Waals surface area contributed by atoms with Crippen molar-refractivity contribution < 1.29 is 19.2 Å². The van der Waals surface area contributed by atoms with Crippen molar-refractivity contribution >= 4 is 11.9 Å². The molecular formula is C12H17N3O4. The number of hydrogen-bond donors (Lipinski definition) is 2. The molecule has 1 aliphatic rings. The second kappa shape index (κ2) is 5.81. The van der Waals surface area contributed by atoms with Gasteiger partial charge in [0.25, 0.3) is 0 Å². The van der Waals surface area contributed by atoms with E-state index >= 15 is 0 Å². The Morgan fingerprint density at radius 2 is 2.05 bits per heavy atom. The Hall–Kier alpha value is -1.92. The lowest BCUT2D eigenvalue weighted by Gasteiger charge is -2.27. The van der Waals surface area contributed by atoms with Crippen LogP contribution >= 0.6 is 0 Å². The van der Waals surface area contributed by atoms with Crippen molar-refractivity contribution in [3.63, 3.8) is 0 Å². The Morgan fingerprint density at radius 1 is 1.37 bits per heavy atom. The van der Waals surface area contributed by atoms with Crippen LogP contribution in [0.2, 0.25) is 0 Å². The molecule has 0 spiro atoms. The number of nitrogens with zero attached hydrogens (tertiary/aromatic N) is 2. The number of carbonyl (C=O) groups excluding carboxylic acids is 1. The minimum absolute atomic E-state index is 0.166. The van der Waals surface area contributed by atoms with Gasteiger partial charge in [-0.05, 0) is 12.8 Å². The molecule has 2 unspecified atom stereocenters. The Balaban J connectivity index is 1.92. The summed E-state index contributed by atoms with van der Waals surface area (Å²) in [5, 5.41) is 15.5. The van der Waals surface area contributed by atoms with E-state index in [1.165, 1.54) is 0 Å². The number of amides is 1. The zero-order chi connectivity index (χ0) is 13.8. The third-order valence-corrected chi connectivity index (χ3v) is 3.41. The first-order valence-corrected chi connectivity index (χ1v) is 6.37. The summed E-state index contributed by atoms with van der Waals surface area (Å²) < 4.78 is 4.80. The van der Waals surface area contributed by atoms with Crippen LogP contribution in [-0.2, 0) is 16.1 Å². The third kappa shape index (κ3) is 3.30. The van der Waals surface area contributed by atoms with Crippen LogP contribution in [0.5, 0.6) is 0 Å². The minimum Gasteiger partial charge on any atom is -0.481 e. The molecular weight excluding hydrogens is 250 g/mol. The summed E-state index contributed by atoms with van der Waals surface area (Å²) >= 11 is 0. The Bertz CT molecular complexity index is 471. The first-order valence-electron chi connectivity index (χ1n) is 6.37. The van der Waals surface area contributed by atoms with Gasteiger partial charge in [-0.3, -0.25) is 9.59 Å². The van der Waals surface area contributed by atoms with E-state index in [0.29, 0.717) is 24.6 Å². The Kier molecular flexibility index (Phi) is 4.13. The molecule has 104 valence electrons. The zero-order valence-electron chi connectivity index (χ0n) is 10.8. The molecule has 1 fully saturated rings. The number of aryl methyl sites for hydroxylation is 1. The van der Waals surface area contributed by atoms with Crippen LogP contribution < -0.4 is 5.32 Å². The molecule has 0 saturated heterocycles. The maximum absolute atomic E-state index is 12.0.